The molecular formula is C12H18BrN5OS. The number of aromatic amines is 1. The van der Waals surface area contributed by atoms with Gasteiger partial charge in [-0.3, -0.25) is 9.25 Å². The molecule has 0 saturated heterocycles. The zero-order valence-electron chi connectivity index (χ0n) is 11.8. The second kappa shape index (κ2) is 6.62. The minimum Gasteiger partial charge on any atom is -0.270 e. The number of nitrogens with zero attached hydrogens (tertiary/aromatic N) is 4. The molecule has 110 valence electrons. The number of thioether (sulfide) groups is 1. The SMILES string of the molecule is CCCn1c(SCc2c(Br)c(C)nn2CC)n[nH]c1=O. The molecule has 0 spiro atoms. The van der Waals surface area contributed by atoms with Gasteiger partial charge in [0.2, 0.25) is 0 Å². The molecule has 0 unspecified atom stereocenters. The van der Waals surface area contributed by atoms with Crippen LogP contribution < -0.4 is 5.69 Å². The van der Waals surface area contributed by atoms with E-state index in [4.69, 9.17) is 0 Å². The summed E-state index contributed by atoms with van der Waals surface area (Å²) in [6.07, 6.45) is 0.905. The number of aromatic nitrogens is 5. The number of hydrogen-bond acceptors (Lipinski definition) is 4. The third-order valence-electron chi connectivity index (χ3n) is 2.96. The first-order valence-electron chi connectivity index (χ1n) is 6.58. The van der Waals surface area contributed by atoms with Crippen LogP contribution in [0.25, 0.3) is 0 Å². The van der Waals surface area contributed by atoms with Gasteiger partial charge in [0.05, 0.1) is 15.9 Å². The Labute approximate surface area is 130 Å². The second-order valence-electron chi connectivity index (χ2n) is 4.41. The van der Waals surface area contributed by atoms with Gasteiger partial charge in [-0.1, -0.05) is 18.7 Å². The monoisotopic (exact) mass is 359 g/mol. The van der Waals surface area contributed by atoms with E-state index in [1.165, 1.54) is 0 Å². The molecule has 0 aliphatic carbocycles. The van der Waals surface area contributed by atoms with Crippen LogP contribution in [0.5, 0.6) is 0 Å². The van der Waals surface area contributed by atoms with E-state index in [1.54, 1.807) is 16.3 Å². The van der Waals surface area contributed by atoms with Crippen LogP contribution in [-0.2, 0) is 18.8 Å². The number of hydrogen-bond donors (Lipinski definition) is 1. The van der Waals surface area contributed by atoms with Gasteiger partial charge in [0.15, 0.2) is 5.16 Å². The Bertz CT molecular complexity index is 645. The fourth-order valence-electron chi connectivity index (χ4n) is 1.97. The van der Waals surface area contributed by atoms with Gasteiger partial charge in [0.1, 0.15) is 0 Å². The van der Waals surface area contributed by atoms with Crippen molar-refractivity contribution in [1.82, 2.24) is 24.5 Å². The molecule has 0 aliphatic rings. The number of halogens is 1. The van der Waals surface area contributed by atoms with Gasteiger partial charge in [-0.25, -0.2) is 9.89 Å². The van der Waals surface area contributed by atoms with Crippen LogP contribution in [0.15, 0.2) is 14.4 Å². The van der Waals surface area contributed by atoms with E-state index in [0.29, 0.717) is 6.54 Å². The summed E-state index contributed by atoms with van der Waals surface area (Å²) < 4.78 is 4.69. The Hall–Kier alpha value is -1.02. The fourth-order valence-corrected chi connectivity index (χ4v) is 3.58. The molecule has 0 saturated carbocycles. The molecule has 2 heterocycles. The molecule has 0 aliphatic heterocycles. The largest absolute Gasteiger partial charge is 0.343 e. The summed E-state index contributed by atoms with van der Waals surface area (Å²) in [5, 5.41) is 11.8. The summed E-state index contributed by atoms with van der Waals surface area (Å²) in [6.45, 7) is 7.59. The normalized spacial score (nSPS) is 11.2. The number of H-pyrrole nitrogens is 1. The van der Waals surface area contributed by atoms with Gasteiger partial charge in [0, 0.05) is 18.8 Å². The average Bonchev–Trinajstić information content (AvgIpc) is 2.91. The average molecular weight is 360 g/mol. The Balaban J connectivity index is 2.19. The van der Waals surface area contributed by atoms with Crippen molar-refractivity contribution in [1.29, 1.82) is 0 Å². The predicted octanol–water partition coefficient (Wildman–Crippen LogP) is 2.56. The van der Waals surface area contributed by atoms with E-state index in [2.05, 4.69) is 38.1 Å². The molecule has 2 rings (SSSR count). The van der Waals surface area contributed by atoms with Crippen molar-refractivity contribution >= 4 is 27.7 Å². The molecule has 1 N–H and O–H groups in total. The quantitative estimate of drug-likeness (QED) is 0.804. The van der Waals surface area contributed by atoms with Crippen LogP contribution in [-0.4, -0.2) is 24.5 Å². The van der Waals surface area contributed by atoms with Gasteiger partial charge in [-0.2, -0.15) is 5.10 Å². The van der Waals surface area contributed by atoms with Crippen molar-refractivity contribution in [2.45, 2.75) is 51.2 Å². The van der Waals surface area contributed by atoms with Crippen LogP contribution in [0.1, 0.15) is 31.7 Å². The molecule has 0 radical (unpaired) electrons. The van der Waals surface area contributed by atoms with E-state index in [0.717, 1.165) is 39.7 Å². The maximum Gasteiger partial charge on any atom is 0.343 e. The molecule has 20 heavy (non-hydrogen) atoms. The molecule has 0 amide bonds. The van der Waals surface area contributed by atoms with Gasteiger partial charge in [0.25, 0.3) is 0 Å². The minimum absolute atomic E-state index is 0.145. The zero-order valence-corrected chi connectivity index (χ0v) is 14.2. The molecule has 2 aromatic heterocycles. The topological polar surface area (TPSA) is 68.5 Å². The highest BCUT2D eigenvalue weighted by Crippen LogP contribution is 2.27. The fraction of sp³-hybridized carbons (Fsp3) is 0.583. The van der Waals surface area contributed by atoms with Crippen LogP contribution in [0.3, 0.4) is 0 Å². The molecular weight excluding hydrogens is 342 g/mol. The second-order valence-corrected chi connectivity index (χ2v) is 6.15. The number of aryl methyl sites for hydroxylation is 2. The summed E-state index contributed by atoms with van der Waals surface area (Å²) in [5.41, 5.74) is 1.96. The Morgan fingerprint density at radius 3 is 2.80 bits per heavy atom. The lowest BCUT2D eigenvalue weighted by molar-refractivity contribution is 0.602. The van der Waals surface area contributed by atoms with Crippen molar-refractivity contribution in [3.05, 3.63) is 26.3 Å². The smallest absolute Gasteiger partial charge is 0.270 e. The maximum absolute atomic E-state index is 11.6. The van der Waals surface area contributed by atoms with Gasteiger partial charge in [-0.05, 0) is 36.2 Å². The Morgan fingerprint density at radius 2 is 2.15 bits per heavy atom. The lowest BCUT2D eigenvalue weighted by atomic mass is 10.4. The van der Waals surface area contributed by atoms with Gasteiger partial charge in [-0.15, -0.1) is 5.10 Å². The first kappa shape index (κ1) is 15.4. The van der Waals surface area contributed by atoms with E-state index in [9.17, 15) is 4.79 Å². The predicted molar refractivity (Wildman–Crippen MR) is 83.0 cm³/mol. The molecule has 2 aromatic rings. The zero-order chi connectivity index (χ0) is 14.7. The van der Waals surface area contributed by atoms with Gasteiger partial charge >= 0.3 is 5.69 Å². The third-order valence-corrected chi connectivity index (χ3v) is 4.98. The third kappa shape index (κ3) is 3.01. The number of nitrogens with one attached hydrogen (secondary N) is 1. The highest BCUT2D eigenvalue weighted by molar-refractivity contribution is 9.10. The van der Waals surface area contributed by atoms with Crippen molar-refractivity contribution < 1.29 is 0 Å². The van der Waals surface area contributed by atoms with E-state index >= 15 is 0 Å². The number of rotatable bonds is 6. The van der Waals surface area contributed by atoms with Crippen molar-refractivity contribution in [2.24, 2.45) is 0 Å². The minimum atomic E-state index is -0.145. The van der Waals surface area contributed by atoms with E-state index < -0.39 is 0 Å². The van der Waals surface area contributed by atoms with Gasteiger partial charge < -0.3 is 0 Å². The van der Waals surface area contributed by atoms with Crippen molar-refractivity contribution in [3.63, 3.8) is 0 Å². The molecule has 6 nitrogen and oxygen atoms in total. The highest BCUT2D eigenvalue weighted by atomic mass is 79.9. The molecule has 0 aromatic carbocycles. The first-order chi connectivity index (χ1) is 9.58. The molecule has 0 atom stereocenters. The van der Waals surface area contributed by atoms with Crippen LogP contribution in [0, 0.1) is 6.92 Å². The summed E-state index contributed by atoms with van der Waals surface area (Å²) >= 11 is 5.12. The summed E-state index contributed by atoms with van der Waals surface area (Å²) in [5.74, 6) is 0.725. The Kier molecular flexibility index (Phi) is 5.09. The lowest BCUT2D eigenvalue weighted by Crippen LogP contribution is -2.17. The van der Waals surface area contributed by atoms with E-state index in [-0.39, 0.29) is 5.69 Å². The van der Waals surface area contributed by atoms with Crippen LogP contribution in [0.4, 0.5) is 0 Å². The Morgan fingerprint density at radius 1 is 1.40 bits per heavy atom. The summed E-state index contributed by atoms with van der Waals surface area (Å²) in [6, 6.07) is 0. The lowest BCUT2D eigenvalue weighted by Gasteiger charge is -2.06. The molecule has 0 bridgehead atoms. The molecule has 0 fully saturated rings. The first-order valence-corrected chi connectivity index (χ1v) is 8.36. The standard InChI is InChI=1S/C12H18BrN5OS/c1-4-6-17-11(19)14-15-12(17)20-7-9-10(13)8(3)16-18(9)5-2/h4-7H2,1-3H3,(H,14,19). The van der Waals surface area contributed by atoms with Crippen LogP contribution in [0.2, 0.25) is 0 Å². The van der Waals surface area contributed by atoms with Crippen molar-refractivity contribution in [3.8, 4) is 0 Å². The van der Waals surface area contributed by atoms with Crippen LogP contribution >= 0.6 is 27.7 Å². The van der Waals surface area contributed by atoms with E-state index in [1.807, 2.05) is 18.5 Å². The summed E-state index contributed by atoms with van der Waals surface area (Å²) in [4.78, 5) is 11.6. The highest BCUT2D eigenvalue weighted by Gasteiger charge is 2.14. The molecule has 8 heteroatoms. The van der Waals surface area contributed by atoms with Crippen molar-refractivity contribution in [2.75, 3.05) is 0 Å². The summed E-state index contributed by atoms with van der Waals surface area (Å²) in [7, 11) is 0. The maximum atomic E-state index is 11.6.